The molecule has 2 N–H and O–H groups in total. The van der Waals surface area contributed by atoms with E-state index in [1.807, 2.05) is 12.1 Å². The van der Waals surface area contributed by atoms with Crippen LogP contribution in [0.2, 0.25) is 0 Å². The predicted molar refractivity (Wildman–Crippen MR) is 97.3 cm³/mol. The van der Waals surface area contributed by atoms with Gasteiger partial charge in [0.05, 0.1) is 7.11 Å². The van der Waals surface area contributed by atoms with Gasteiger partial charge >= 0.3 is 12.1 Å². The van der Waals surface area contributed by atoms with E-state index in [2.05, 4.69) is 5.32 Å². The highest BCUT2D eigenvalue weighted by molar-refractivity contribution is 6.04. The third kappa shape index (κ3) is 4.90. The van der Waals surface area contributed by atoms with Crippen LogP contribution in [0.4, 0.5) is 4.79 Å². The molecule has 1 aliphatic rings. The van der Waals surface area contributed by atoms with Gasteiger partial charge < -0.3 is 24.8 Å². The summed E-state index contributed by atoms with van der Waals surface area (Å²) in [4.78, 5) is 38.0. The van der Waals surface area contributed by atoms with Crippen LogP contribution in [0.1, 0.15) is 32.8 Å². The zero-order valence-electron chi connectivity index (χ0n) is 16.1. The molecule has 1 fully saturated rings. The molecule has 1 unspecified atom stereocenters. The number of benzene rings is 1. The Morgan fingerprint density at radius 1 is 1.26 bits per heavy atom. The van der Waals surface area contributed by atoms with Crippen LogP contribution in [0.3, 0.4) is 0 Å². The molecular weight excluding hydrogens is 352 g/mol. The lowest BCUT2D eigenvalue weighted by Crippen LogP contribution is -2.49. The molecule has 0 spiro atoms. The fourth-order valence-corrected chi connectivity index (χ4v) is 2.91. The van der Waals surface area contributed by atoms with Crippen LogP contribution < -0.4 is 10.1 Å². The fourth-order valence-electron chi connectivity index (χ4n) is 2.91. The number of hydrogen-bond donors (Lipinski definition) is 2. The number of methoxy groups -OCH3 is 1. The molecule has 1 saturated heterocycles. The molecule has 0 saturated carbocycles. The van der Waals surface area contributed by atoms with Crippen molar-refractivity contribution in [2.24, 2.45) is 5.41 Å². The Morgan fingerprint density at radius 2 is 1.89 bits per heavy atom. The highest BCUT2D eigenvalue weighted by Crippen LogP contribution is 2.33. The van der Waals surface area contributed by atoms with Crippen molar-refractivity contribution in [3.05, 3.63) is 29.8 Å². The molecule has 0 radical (unpaired) electrons. The van der Waals surface area contributed by atoms with Gasteiger partial charge in [0.1, 0.15) is 11.4 Å². The van der Waals surface area contributed by atoms with Gasteiger partial charge in [0, 0.05) is 19.6 Å². The Balaban J connectivity index is 2.06. The standard InChI is InChI=1S/C19H26N2O6/c1-18(2,3)27-17(25)20-12-19(16(23)24)9-10-21(15(19)22)11-13-5-7-14(26-4)8-6-13/h5-8H,9-12H2,1-4H3,(H,20,25)(H,23,24). The monoisotopic (exact) mass is 378 g/mol. The predicted octanol–water partition coefficient (Wildman–Crippen LogP) is 2.02. The number of carboxylic acids is 1. The highest BCUT2D eigenvalue weighted by Gasteiger charge is 2.53. The first kappa shape index (κ1) is 20.5. The van der Waals surface area contributed by atoms with Crippen molar-refractivity contribution >= 4 is 18.0 Å². The molecule has 27 heavy (non-hydrogen) atoms. The molecule has 2 rings (SSSR count). The van der Waals surface area contributed by atoms with E-state index in [0.717, 1.165) is 5.56 Å². The molecule has 2 amide bonds. The normalized spacial score (nSPS) is 19.7. The van der Waals surface area contributed by atoms with Crippen LogP contribution in [0.5, 0.6) is 5.75 Å². The zero-order chi connectivity index (χ0) is 20.2. The van der Waals surface area contributed by atoms with Gasteiger partial charge in [0.2, 0.25) is 5.91 Å². The first-order valence-corrected chi connectivity index (χ1v) is 8.70. The SMILES string of the molecule is COc1ccc(CN2CCC(CNC(=O)OC(C)(C)C)(C(=O)O)C2=O)cc1. The topological polar surface area (TPSA) is 105 Å². The highest BCUT2D eigenvalue weighted by atomic mass is 16.6. The van der Waals surface area contributed by atoms with Gasteiger partial charge in [-0.2, -0.15) is 0 Å². The number of alkyl carbamates (subject to hydrolysis) is 1. The van der Waals surface area contributed by atoms with E-state index >= 15 is 0 Å². The molecule has 1 aliphatic heterocycles. The smallest absolute Gasteiger partial charge is 0.407 e. The Morgan fingerprint density at radius 3 is 2.41 bits per heavy atom. The van der Waals surface area contributed by atoms with E-state index in [-0.39, 0.29) is 13.0 Å². The number of nitrogens with zero attached hydrogens (tertiary/aromatic N) is 1. The second-order valence-electron chi connectivity index (χ2n) is 7.57. The second kappa shape index (κ2) is 7.85. The Kier molecular flexibility index (Phi) is 5.98. The van der Waals surface area contributed by atoms with E-state index in [9.17, 15) is 19.5 Å². The van der Waals surface area contributed by atoms with E-state index in [0.29, 0.717) is 18.8 Å². The van der Waals surface area contributed by atoms with Crippen LogP contribution in [0, 0.1) is 5.41 Å². The zero-order valence-corrected chi connectivity index (χ0v) is 16.1. The number of carbonyl (C=O) groups is 3. The molecule has 1 atom stereocenters. The maximum atomic E-state index is 12.8. The third-order valence-corrected chi connectivity index (χ3v) is 4.38. The van der Waals surface area contributed by atoms with Gasteiger partial charge in [0.25, 0.3) is 0 Å². The summed E-state index contributed by atoms with van der Waals surface area (Å²) in [6.07, 6.45) is -0.628. The van der Waals surface area contributed by atoms with Gasteiger partial charge in [0.15, 0.2) is 5.41 Å². The summed E-state index contributed by atoms with van der Waals surface area (Å²) < 4.78 is 10.2. The third-order valence-electron chi connectivity index (χ3n) is 4.38. The van der Waals surface area contributed by atoms with E-state index in [1.54, 1.807) is 40.0 Å². The van der Waals surface area contributed by atoms with Crippen molar-refractivity contribution in [2.45, 2.75) is 39.3 Å². The molecule has 0 aromatic heterocycles. The van der Waals surface area contributed by atoms with Crippen molar-refractivity contribution in [2.75, 3.05) is 20.2 Å². The molecule has 8 heteroatoms. The van der Waals surface area contributed by atoms with E-state index in [4.69, 9.17) is 9.47 Å². The number of aliphatic carboxylic acids is 1. The molecule has 1 aromatic rings. The van der Waals surface area contributed by atoms with Crippen LogP contribution in [-0.4, -0.2) is 53.8 Å². The lowest BCUT2D eigenvalue weighted by molar-refractivity contribution is -0.156. The quantitative estimate of drug-likeness (QED) is 0.734. The lowest BCUT2D eigenvalue weighted by atomic mass is 9.86. The van der Waals surface area contributed by atoms with Crippen molar-refractivity contribution in [1.82, 2.24) is 10.2 Å². The number of carboxylic acid groups (broad SMARTS) is 1. The average molecular weight is 378 g/mol. The minimum Gasteiger partial charge on any atom is -0.497 e. The van der Waals surface area contributed by atoms with Gasteiger partial charge in [-0.1, -0.05) is 12.1 Å². The largest absolute Gasteiger partial charge is 0.497 e. The molecule has 8 nitrogen and oxygen atoms in total. The number of amides is 2. The summed E-state index contributed by atoms with van der Waals surface area (Å²) in [7, 11) is 1.57. The minimum absolute atomic E-state index is 0.118. The number of likely N-dealkylation sites (tertiary alicyclic amines) is 1. The van der Waals surface area contributed by atoms with Gasteiger partial charge in [-0.15, -0.1) is 0 Å². The van der Waals surface area contributed by atoms with Gasteiger partial charge in [-0.25, -0.2) is 4.79 Å². The second-order valence-corrected chi connectivity index (χ2v) is 7.57. The van der Waals surface area contributed by atoms with Gasteiger partial charge in [-0.05, 0) is 44.9 Å². The molecule has 0 bridgehead atoms. The molecular formula is C19H26N2O6. The summed E-state index contributed by atoms with van der Waals surface area (Å²) in [5.74, 6) is -1.06. The first-order valence-electron chi connectivity index (χ1n) is 8.70. The summed E-state index contributed by atoms with van der Waals surface area (Å²) in [6, 6.07) is 7.21. The van der Waals surface area contributed by atoms with Crippen LogP contribution in [-0.2, 0) is 20.9 Å². The first-order chi connectivity index (χ1) is 12.6. The van der Waals surface area contributed by atoms with E-state index < -0.39 is 29.0 Å². The minimum atomic E-state index is -1.68. The van der Waals surface area contributed by atoms with Gasteiger partial charge in [-0.3, -0.25) is 9.59 Å². The van der Waals surface area contributed by atoms with Crippen LogP contribution in [0.15, 0.2) is 24.3 Å². The number of rotatable bonds is 6. The van der Waals surface area contributed by atoms with Crippen LogP contribution >= 0.6 is 0 Å². The average Bonchev–Trinajstić information content (AvgIpc) is 2.90. The fraction of sp³-hybridized carbons (Fsp3) is 0.526. The Labute approximate surface area is 158 Å². The molecule has 1 aromatic carbocycles. The van der Waals surface area contributed by atoms with Crippen molar-refractivity contribution in [3.63, 3.8) is 0 Å². The van der Waals surface area contributed by atoms with Crippen molar-refractivity contribution in [1.29, 1.82) is 0 Å². The molecule has 148 valence electrons. The van der Waals surface area contributed by atoms with Crippen molar-refractivity contribution < 1.29 is 29.0 Å². The summed E-state index contributed by atoms with van der Waals surface area (Å²) in [6.45, 7) is 5.40. The maximum absolute atomic E-state index is 12.8. The summed E-state index contributed by atoms with van der Waals surface area (Å²) >= 11 is 0. The number of ether oxygens (including phenoxy) is 2. The van der Waals surface area contributed by atoms with E-state index in [1.165, 1.54) is 4.90 Å². The number of nitrogens with one attached hydrogen (secondary N) is 1. The molecule has 0 aliphatic carbocycles. The van der Waals surface area contributed by atoms with Crippen LogP contribution in [0.25, 0.3) is 0 Å². The lowest BCUT2D eigenvalue weighted by Gasteiger charge is -2.25. The summed E-state index contributed by atoms with van der Waals surface area (Å²) in [5, 5.41) is 12.1. The Bertz CT molecular complexity index is 710. The number of carbonyl (C=O) groups excluding carboxylic acids is 2. The summed E-state index contributed by atoms with van der Waals surface area (Å²) in [5.41, 5.74) is -1.52. The maximum Gasteiger partial charge on any atom is 0.407 e. The molecule has 1 heterocycles. The Hall–Kier alpha value is -2.77. The van der Waals surface area contributed by atoms with Crippen molar-refractivity contribution in [3.8, 4) is 5.75 Å². The number of hydrogen-bond acceptors (Lipinski definition) is 5.